The van der Waals surface area contributed by atoms with Crippen molar-refractivity contribution in [3.8, 4) is 0 Å². The van der Waals surface area contributed by atoms with E-state index in [2.05, 4.69) is 0 Å². The van der Waals surface area contributed by atoms with Crippen molar-refractivity contribution in [2.45, 2.75) is 26.8 Å². The van der Waals surface area contributed by atoms with Gasteiger partial charge >= 0.3 is 6.05 Å². The van der Waals surface area contributed by atoms with Gasteiger partial charge < -0.3 is 0 Å². The van der Waals surface area contributed by atoms with Crippen LogP contribution in [0.15, 0.2) is 0 Å². The molecule has 1 aliphatic heterocycles. The van der Waals surface area contributed by atoms with Crippen molar-refractivity contribution >= 4 is 0 Å². The Kier molecular flexibility index (Phi) is 1.75. The van der Waals surface area contributed by atoms with E-state index < -0.39 is 12.0 Å². The van der Waals surface area contributed by atoms with Gasteiger partial charge in [-0.15, -0.1) is 0 Å². The zero-order valence-electron chi connectivity index (χ0n) is 7.49. The topological polar surface area (TPSA) is 3.24 Å². The summed E-state index contributed by atoms with van der Waals surface area (Å²) in [5, 5.41) is 0. The Labute approximate surface area is 66.4 Å². The molecular formula is C8H15F2N. The normalized spacial score (nSPS) is 31.6. The Bertz CT molecular complexity index is 160. The number of alkyl halides is 2. The largest absolute Gasteiger partial charge is 0.309 e. The summed E-state index contributed by atoms with van der Waals surface area (Å²) in [5.74, 6) is -0.486. The van der Waals surface area contributed by atoms with Crippen LogP contribution in [0.5, 0.6) is 0 Å². The molecule has 0 bridgehead atoms. The molecule has 0 amide bonds. The summed E-state index contributed by atoms with van der Waals surface area (Å²) >= 11 is 0. The molecule has 1 atom stereocenters. The van der Waals surface area contributed by atoms with Gasteiger partial charge in [-0.3, -0.25) is 0 Å². The molecule has 1 saturated heterocycles. The lowest BCUT2D eigenvalue weighted by molar-refractivity contribution is -0.278. The first kappa shape index (κ1) is 8.91. The van der Waals surface area contributed by atoms with Gasteiger partial charge in [-0.25, -0.2) is 4.90 Å². The van der Waals surface area contributed by atoms with Crippen molar-refractivity contribution in [2.75, 3.05) is 13.6 Å². The van der Waals surface area contributed by atoms with Crippen LogP contribution in [0.4, 0.5) is 8.78 Å². The first-order valence-corrected chi connectivity index (χ1v) is 3.85. The average molecular weight is 163 g/mol. The Morgan fingerprint density at radius 1 is 1.36 bits per heavy atom. The molecule has 0 aromatic carbocycles. The zero-order valence-corrected chi connectivity index (χ0v) is 7.49. The maximum absolute atomic E-state index is 13.0. The van der Waals surface area contributed by atoms with Crippen LogP contribution in [0.2, 0.25) is 0 Å². The van der Waals surface area contributed by atoms with Crippen molar-refractivity contribution in [2.24, 2.45) is 11.3 Å². The van der Waals surface area contributed by atoms with E-state index >= 15 is 0 Å². The standard InChI is InChI=1S/C8H15F2N/c1-7(2,3)6-5-11(4)8(6,9)10/h6H,5H2,1-4H3. The van der Waals surface area contributed by atoms with Crippen LogP contribution in [0.3, 0.4) is 0 Å². The highest BCUT2D eigenvalue weighted by Gasteiger charge is 2.57. The summed E-state index contributed by atoms with van der Waals surface area (Å²) in [6.07, 6.45) is 0. The number of nitrogens with zero attached hydrogens (tertiary/aromatic N) is 1. The highest BCUT2D eigenvalue weighted by Crippen LogP contribution is 2.47. The number of hydrogen-bond acceptors (Lipinski definition) is 1. The average Bonchev–Trinajstić information content (AvgIpc) is 1.80. The van der Waals surface area contributed by atoms with Crippen molar-refractivity contribution in [1.29, 1.82) is 0 Å². The first-order valence-electron chi connectivity index (χ1n) is 3.85. The van der Waals surface area contributed by atoms with Gasteiger partial charge in [0.15, 0.2) is 0 Å². The minimum atomic E-state index is -2.59. The number of rotatable bonds is 0. The molecule has 0 spiro atoms. The lowest BCUT2D eigenvalue weighted by Crippen LogP contribution is -2.63. The van der Waals surface area contributed by atoms with Gasteiger partial charge in [0.2, 0.25) is 0 Å². The molecule has 1 rings (SSSR count). The molecule has 1 unspecified atom stereocenters. The summed E-state index contributed by atoms with van der Waals surface area (Å²) in [7, 11) is 1.46. The fourth-order valence-corrected chi connectivity index (χ4v) is 1.45. The quantitative estimate of drug-likeness (QED) is 0.495. The molecule has 0 radical (unpaired) electrons. The van der Waals surface area contributed by atoms with Crippen molar-refractivity contribution in [1.82, 2.24) is 4.90 Å². The third kappa shape index (κ3) is 1.26. The van der Waals surface area contributed by atoms with Gasteiger partial charge in [-0.2, -0.15) is 8.78 Å². The predicted molar refractivity (Wildman–Crippen MR) is 40.5 cm³/mol. The van der Waals surface area contributed by atoms with Gasteiger partial charge in [0.1, 0.15) is 0 Å². The Morgan fingerprint density at radius 2 is 1.82 bits per heavy atom. The van der Waals surface area contributed by atoms with E-state index in [0.717, 1.165) is 4.90 Å². The predicted octanol–water partition coefficient (Wildman–Crippen LogP) is 2.19. The summed E-state index contributed by atoms with van der Waals surface area (Å²) in [4.78, 5) is 1.10. The summed E-state index contributed by atoms with van der Waals surface area (Å²) in [6, 6.07) is -2.59. The maximum atomic E-state index is 13.0. The molecule has 1 heterocycles. The third-order valence-corrected chi connectivity index (χ3v) is 2.43. The fourth-order valence-electron chi connectivity index (χ4n) is 1.45. The van der Waals surface area contributed by atoms with Gasteiger partial charge in [0, 0.05) is 6.54 Å². The van der Waals surface area contributed by atoms with Crippen molar-refractivity contribution < 1.29 is 8.78 Å². The Hall–Kier alpha value is -0.180. The van der Waals surface area contributed by atoms with Gasteiger partial charge in [-0.1, -0.05) is 20.8 Å². The monoisotopic (exact) mass is 163 g/mol. The van der Waals surface area contributed by atoms with E-state index in [1.165, 1.54) is 7.05 Å². The minimum Gasteiger partial charge on any atom is -0.247 e. The molecule has 1 nitrogen and oxygen atoms in total. The molecule has 0 aliphatic carbocycles. The third-order valence-electron chi connectivity index (χ3n) is 2.43. The fraction of sp³-hybridized carbons (Fsp3) is 1.00. The van der Waals surface area contributed by atoms with Gasteiger partial charge in [0.25, 0.3) is 0 Å². The van der Waals surface area contributed by atoms with Crippen LogP contribution in [0.25, 0.3) is 0 Å². The van der Waals surface area contributed by atoms with E-state index in [0.29, 0.717) is 6.54 Å². The van der Waals surface area contributed by atoms with Crippen molar-refractivity contribution in [3.63, 3.8) is 0 Å². The lowest BCUT2D eigenvalue weighted by atomic mass is 9.74. The van der Waals surface area contributed by atoms with Crippen LogP contribution in [0, 0.1) is 11.3 Å². The summed E-state index contributed by atoms with van der Waals surface area (Å²) < 4.78 is 26.0. The number of halogens is 2. The van der Waals surface area contributed by atoms with E-state index in [1.807, 2.05) is 20.8 Å². The smallest absolute Gasteiger partial charge is 0.247 e. The molecule has 66 valence electrons. The molecule has 11 heavy (non-hydrogen) atoms. The SMILES string of the molecule is CN1CC(C(C)(C)C)C1(F)F. The van der Waals surface area contributed by atoms with Gasteiger partial charge in [-0.05, 0) is 12.5 Å². The van der Waals surface area contributed by atoms with Crippen LogP contribution < -0.4 is 0 Å². The second-order valence-corrected chi connectivity index (χ2v) is 4.39. The van der Waals surface area contributed by atoms with E-state index in [-0.39, 0.29) is 5.41 Å². The number of hydrogen-bond donors (Lipinski definition) is 0. The minimum absolute atomic E-state index is 0.282. The van der Waals surface area contributed by atoms with Crippen LogP contribution in [-0.4, -0.2) is 24.5 Å². The second-order valence-electron chi connectivity index (χ2n) is 4.39. The van der Waals surface area contributed by atoms with Crippen LogP contribution >= 0.6 is 0 Å². The Morgan fingerprint density at radius 3 is 1.91 bits per heavy atom. The van der Waals surface area contributed by atoms with E-state index in [4.69, 9.17) is 0 Å². The lowest BCUT2D eigenvalue weighted by Gasteiger charge is -2.51. The summed E-state index contributed by atoms with van der Waals surface area (Å²) in [6.45, 7) is 6.09. The molecule has 0 aromatic heterocycles. The van der Waals surface area contributed by atoms with E-state index in [1.54, 1.807) is 0 Å². The molecule has 3 heteroatoms. The molecule has 0 aromatic rings. The van der Waals surface area contributed by atoms with Crippen molar-refractivity contribution in [3.05, 3.63) is 0 Å². The zero-order chi connectivity index (χ0) is 8.86. The number of likely N-dealkylation sites (tertiary alicyclic amines) is 1. The van der Waals surface area contributed by atoms with Crippen LogP contribution in [-0.2, 0) is 0 Å². The highest BCUT2D eigenvalue weighted by molar-refractivity contribution is 4.95. The molecular weight excluding hydrogens is 148 g/mol. The first-order chi connectivity index (χ1) is 4.76. The van der Waals surface area contributed by atoms with E-state index in [9.17, 15) is 8.78 Å². The second kappa shape index (κ2) is 2.16. The Balaban J connectivity index is 2.67. The maximum Gasteiger partial charge on any atom is 0.309 e. The highest BCUT2D eigenvalue weighted by atomic mass is 19.3. The summed E-state index contributed by atoms with van der Waals surface area (Å²) in [5.41, 5.74) is -0.282. The van der Waals surface area contributed by atoms with Crippen LogP contribution in [0.1, 0.15) is 20.8 Å². The molecule has 1 fully saturated rings. The molecule has 0 saturated carbocycles. The molecule has 1 aliphatic rings. The molecule has 0 N–H and O–H groups in total. The van der Waals surface area contributed by atoms with Gasteiger partial charge in [0.05, 0.1) is 5.92 Å².